The van der Waals surface area contributed by atoms with Crippen LogP contribution in [-0.4, -0.2) is 35.1 Å². The standard InChI is InChI=1S/C27H21Cl2IN2O5S/c1-2-36-22-12-16(11-20(30)25(22)37-15-17-7-3-4-8-18(17)28)13-23-26(34)32(27(35)38-23)14-24(33)31-21-10-6-5-9-19(21)29/h3-13H,2,14-15H2,1H3,(H,31,33)/b23-13+. The van der Waals surface area contributed by atoms with Crippen LogP contribution in [0.4, 0.5) is 10.5 Å². The number of halogens is 3. The first kappa shape index (κ1) is 28.3. The van der Waals surface area contributed by atoms with Crippen LogP contribution in [0.5, 0.6) is 11.5 Å². The van der Waals surface area contributed by atoms with E-state index in [0.29, 0.717) is 39.4 Å². The Morgan fingerprint density at radius 2 is 1.76 bits per heavy atom. The first-order valence-corrected chi connectivity index (χ1v) is 14.0. The van der Waals surface area contributed by atoms with Gasteiger partial charge in [0.15, 0.2) is 11.5 Å². The van der Waals surface area contributed by atoms with Gasteiger partial charge >= 0.3 is 0 Å². The summed E-state index contributed by atoms with van der Waals surface area (Å²) in [6.45, 7) is 2.09. The van der Waals surface area contributed by atoms with E-state index in [1.807, 2.05) is 31.2 Å². The van der Waals surface area contributed by atoms with Crippen molar-refractivity contribution in [1.82, 2.24) is 4.90 Å². The van der Waals surface area contributed by atoms with Crippen molar-refractivity contribution in [2.24, 2.45) is 0 Å². The molecule has 3 aromatic rings. The van der Waals surface area contributed by atoms with Crippen LogP contribution in [0.25, 0.3) is 6.08 Å². The van der Waals surface area contributed by atoms with E-state index in [1.165, 1.54) is 0 Å². The number of anilines is 1. The van der Waals surface area contributed by atoms with Crippen molar-refractivity contribution in [2.45, 2.75) is 13.5 Å². The van der Waals surface area contributed by atoms with Gasteiger partial charge in [0.2, 0.25) is 5.91 Å². The molecule has 1 fully saturated rings. The molecule has 0 spiro atoms. The van der Waals surface area contributed by atoms with Gasteiger partial charge in [-0.1, -0.05) is 53.5 Å². The maximum Gasteiger partial charge on any atom is 0.294 e. The molecule has 11 heteroatoms. The van der Waals surface area contributed by atoms with Gasteiger partial charge in [0.25, 0.3) is 11.1 Å². The van der Waals surface area contributed by atoms with Gasteiger partial charge in [0.1, 0.15) is 13.2 Å². The Balaban J connectivity index is 1.50. The largest absolute Gasteiger partial charge is 0.490 e. The van der Waals surface area contributed by atoms with Crippen LogP contribution in [0.3, 0.4) is 0 Å². The molecule has 0 unspecified atom stereocenters. The van der Waals surface area contributed by atoms with Gasteiger partial charge in [-0.3, -0.25) is 19.3 Å². The topological polar surface area (TPSA) is 84.9 Å². The predicted molar refractivity (Wildman–Crippen MR) is 159 cm³/mol. The second-order valence-electron chi connectivity index (χ2n) is 7.94. The van der Waals surface area contributed by atoms with Crippen LogP contribution in [0, 0.1) is 3.57 Å². The molecule has 0 saturated carbocycles. The Kier molecular flexibility index (Phi) is 9.59. The van der Waals surface area contributed by atoms with Gasteiger partial charge in [0, 0.05) is 10.6 Å². The molecule has 7 nitrogen and oxygen atoms in total. The van der Waals surface area contributed by atoms with Gasteiger partial charge in [-0.05, 0) is 83.2 Å². The number of benzene rings is 3. The Morgan fingerprint density at radius 3 is 2.47 bits per heavy atom. The number of hydrogen-bond donors (Lipinski definition) is 1. The number of ether oxygens (including phenoxy) is 2. The monoisotopic (exact) mass is 682 g/mol. The summed E-state index contributed by atoms with van der Waals surface area (Å²) in [5, 5.41) is 3.05. The zero-order chi connectivity index (χ0) is 27.2. The minimum absolute atomic E-state index is 0.198. The highest BCUT2D eigenvalue weighted by molar-refractivity contribution is 14.1. The van der Waals surface area contributed by atoms with Crippen LogP contribution >= 0.6 is 57.6 Å². The number of hydrogen-bond acceptors (Lipinski definition) is 6. The van der Waals surface area contributed by atoms with E-state index in [2.05, 4.69) is 27.9 Å². The van der Waals surface area contributed by atoms with Crippen molar-refractivity contribution in [3.05, 3.63) is 90.3 Å². The van der Waals surface area contributed by atoms with Gasteiger partial charge in [-0.15, -0.1) is 0 Å². The van der Waals surface area contributed by atoms with Crippen LogP contribution in [0.1, 0.15) is 18.1 Å². The highest BCUT2D eigenvalue weighted by atomic mass is 127. The molecule has 1 aliphatic rings. The van der Waals surface area contributed by atoms with Crippen molar-refractivity contribution in [1.29, 1.82) is 0 Å². The zero-order valence-electron chi connectivity index (χ0n) is 20.0. The lowest BCUT2D eigenvalue weighted by molar-refractivity contribution is -0.127. The van der Waals surface area contributed by atoms with Crippen molar-refractivity contribution in [3.8, 4) is 11.5 Å². The summed E-state index contributed by atoms with van der Waals surface area (Å²) < 4.78 is 12.6. The second kappa shape index (κ2) is 12.9. The number of para-hydroxylation sites is 1. The molecule has 0 atom stereocenters. The van der Waals surface area contributed by atoms with Crippen LogP contribution in [0.2, 0.25) is 10.0 Å². The summed E-state index contributed by atoms with van der Waals surface area (Å²) in [4.78, 5) is 39.1. The minimum atomic E-state index is -0.554. The van der Waals surface area contributed by atoms with Gasteiger partial charge in [-0.2, -0.15) is 0 Å². The summed E-state index contributed by atoms with van der Waals surface area (Å²) in [6.07, 6.45) is 1.60. The summed E-state index contributed by atoms with van der Waals surface area (Å²) in [5.74, 6) is -0.0407. The highest BCUT2D eigenvalue weighted by Crippen LogP contribution is 2.38. The quantitative estimate of drug-likeness (QED) is 0.189. The SMILES string of the molecule is CCOc1cc(/C=C2/SC(=O)N(CC(=O)Nc3ccccc3Cl)C2=O)cc(I)c1OCc1ccccc1Cl. The molecule has 0 aliphatic carbocycles. The molecular weight excluding hydrogens is 662 g/mol. The van der Waals surface area contributed by atoms with Crippen molar-refractivity contribution < 1.29 is 23.9 Å². The number of imide groups is 1. The first-order valence-electron chi connectivity index (χ1n) is 11.4. The molecule has 0 aromatic heterocycles. The molecule has 3 aromatic carbocycles. The summed E-state index contributed by atoms with van der Waals surface area (Å²) >= 11 is 15.2. The first-order chi connectivity index (χ1) is 18.3. The fourth-order valence-electron chi connectivity index (χ4n) is 3.52. The molecule has 1 aliphatic heterocycles. The second-order valence-corrected chi connectivity index (χ2v) is 10.9. The van der Waals surface area contributed by atoms with E-state index < -0.39 is 23.6 Å². The molecule has 1 N–H and O–H groups in total. The lowest BCUT2D eigenvalue weighted by atomic mass is 10.1. The number of nitrogens with one attached hydrogen (secondary N) is 1. The van der Waals surface area contributed by atoms with Crippen molar-refractivity contribution >= 4 is 86.4 Å². The normalized spacial score (nSPS) is 14.2. The molecule has 0 bridgehead atoms. The molecular formula is C27H21Cl2IN2O5S. The number of carbonyl (C=O) groups is 3. The summed E-state index contributed by atoms with van der Waals surface area (Å²) in [6, 6.07) is 17.7. The molecule has 3 amide bonds. The number of amides is 3. The number of thioether (sulfide) groups is 1. The zero-order valence-corrected chi connectivity index (χ0v) is 24.5. The van der Waals surface area contributed by atoms with E-state index >= 15 is 0 Å². The van der Waals surface area contributed by atoms with E-state index in [9.17, 15) is 14.4 Å². The van der Waals surface area contributed by atoms with E-state index in [0.717, 1.165) is 25.8 Å². The van der Waals surface area contributed by atoms with Gasteiger partial charge in [0.05, 0.1) is 25.8 Å². The molecule has 38 heavy (non-hydrogen) atoms. The molecule has 1 saturated heterocycles. The molecule has 1 heterocycles. The third-order valence-electron chi connectivity index (χ3n) is 5.28. The van der Waals surface area contributed by atoms with E-state index in [-0.39, 0.29) is 11.5 Å². The Hall–Kier alpha value is -2.73. The average molecular weight is 683 g/mol. The highest BCUT2D eigenvalue weighted by Gasteiger charge is 2.36. The number of carbonyl (C=O) groups excluding carboxylic acids is 3. The smallest absolute Gasteiger partial charge is 0.294 e. The average Bonchev–Trinajstić information content (AvgIpc) is 3.13. The molecule has 0 radical (unpaired) electrons. The maximum absolute atomic E-state index is 13.0. The Labute approximate surface area is 247 Å². The lowest BCUT2D eigenvalue weighted by Crippen LogP contribution is -2.36. The van der Waals surface area contributed by atoms with E-state index in [4.69, 9.17) is 32.7 Å². The van der Waals surface area contributed by atoms with Crippen LogP contribution < -0.4 is 14.8 Å². The fourth-order valence-corrected chi connectivity index (χ4v) is 5.52. The van der Waals surface area contributed by atoms with Crippen LogP contribution in [0.15, 0.2) is 65.6 Å². The van der Waals surface area contributed by atoms with E-state index in [1.54, 1.807) is 42.5 Å². The van der Waals surface area contributed by atoms with Crippen molar-refractivity contribution in [3.63, 3.8) is 0 Å². The predicted octanol–water partition coefficient (Wildman–Crippen LogP) is 7.25. The maximum atomic E-state index is 13.0. The molecule has 4 rings (SSSR count). The minimum Gasteiger partial charge on any atom is -0.490 e. The Morgan fingerprint density at radius 1 is 1.05 bits per heavy atom. The van der Waals surface area contributed by atoms with Gasteiger partial charge < -0.3 is 14.8 Å². The summed E-state index contributed by atoms with van der Waals surface area (Å²) in [5.41, 5.74) is 1.88. The third-order valence-corrected chi connectivity index (χ3v) is 7.69. The molecule has 196 valence electrons. The van der Waals surface area contributed by atoms with Gasteiger partial charge in [-0.25, -0.2) is 0 Å². The van der Waals surface area contributed by atoms with Crippen molar-refractivity contribution in [2.75, 3.05) is 18.5 Å². The third kappa shape index (κ3) is 6.82. The number of rotatable bonds is 9. The number of nitrogens with zero attached hydrogens (tertiary/aromatic N) is 1. The van der Waals surface area contributed by atoms with Crippen LogP contribution in [-0.2, 0) is 16.2 Å². The Bertz CT molecular complexity index is 1430. The fraction of sp³-hybridized carbons (Fsp3) is 0.148. The summed E-state index contributed by atoms with van der Waals surface area (Å²) in [7, 11) is 0. The lowest BCUT2D eigenvalue weighted by Gasteiger charge is -2.15.